The number of carbonyl (C=O) groups excluding carboxylic acids is 2. The van der Waals surface area contributed by atoms with Crippen molar-refractivity contribution >= 4 is 12.0 Å². The number of esters is 1. The number of hydrogen-bond donors (Lipinski definition) is 1. The molecule has 1 fully saturated rings. The molecular formula is C11H20N2O3. The van der Waals surface area contributed by atoms with Crippen LogP contribution in [0.15, 0.2) is 0 Å². The van der Waals surface area contributed by atoms with Crippen molar-refractivity contribution in [2.24, 2.45) is 0 Å². The summed E-state index contributed by atoms with van der Waals surface area (Å²) in [6.07, 6.45) is 3.19. The summed E-state index contributed by atoms with van der Waals surface area (Å²) in [6.45, 7) is 4.44. The van der Waals surface area contributed by atoms with Crippen molar-refractivity contribution in [2.45, 2.75) is 32.6 Å². The van der Waals surface area contributed by atoms with E-state index in [4.69, 9.17) is 4.74 Å². The molecule has 1 heterocycles. The Morgan fingerprint density at radius 3 is 2.62 bits per heavy atom. The fourth-order valence-electron chi connectivity index (χ4n) is 1.69. The third kappa shape index (κ3) is 4.51. The lowest BCUT2D eigenvalue weighted by molar-refractivity contribution is -0.143. The zero-order chi connectivity index (χ0) is 11.8. The number of nitrogens with one attached hydrogen (secondary N) is 1. The molecule has 92 valence electrons. The van der Waals surface area contributed by atoms with Crippen LogP contribution < -0.4 is 5.32 Å². The maximum Gasteiger partial charge on any atom is 0.317 e. The van der Waals surface area contributed by atoms with Gasteiger partial charge in [0.2, 0.25) is 0 Å². The topological polar surface area (TPSA) is 58.6 Å². The molecule has 2 amide bonds. The Morgan fingerprint density at radius 2 is 2.00 bits per heavy atom. The number of ether oxygens (including phenoxy) is 1. The molecule has 1 rings (SSSR count). The van der Waals surface area contributed by atoms with E-state index in [0.717, 1.165) is 25.9 Å². The van der Waals surface area contributed by atoms with Gasteiger partial charge in [-0.3, -0.25) is 4.79 Å². The van der Waals surface area contributed by atoms with Crippen LogP contribution in [0, 0.1) is 0 Å². The van der Waals surface area contributed by atoms with Crippen LogP contribution in [-0.4, -0.2) is 43.1 Å². The lowest BCUT2D eigenvalue weighted by Gasteiger charge is -2.15. The normalized spacial score (nSPS) is 14.9. The summed E-state index contributed by atoms with van der Waals surface area (Å²) < 4.78 is 4.79. The number of rotatable bonds is 5. The third-order valence-corrected chi connectivity index (χ3v) is 2.53. The Labute approximate surface area is 96.1 Å². The first-order chi connectivity index (χ1) is 7.74. The molecule has 0 aromatic carbocycles. The van der Waals surface area contributed by atoms with E-state index in [-0.39, 0.29) is 12.0 Å². The molecule has 0 bridgehead atoms. The fourth-order valence-corrected chi connectivity index (χ4v) is 1.69. The number of likely N-dealkylation sites (tertiary alicyclic amines) is 1. The molecule has 5 nitrogen and oxygen atoms in total. The van der Waals surface area contributed by atoms with Gasteiger partial charge < -0.3 is 15.0 Å². The molecule has 0 aromatic rings. The molecule has 1 aliphatic heterocycles. The van der Waals surface area contributed by atoms with Gasteiger partial charge in [-0.15, -0.1) is 0 Å². The number of nitrogens with zero attached hydrogens (tertiary/aromatic N) is 1. The standard InChI is InChI=1S/C11H20N2O3/c1-2-16-10(14)6-5-7-12-11(15)13-8-3-4-9-13/h2-9H2,1H3,(H,12,15). The molecule has 16 heavy (non-hydrogen) atoms. The van der Waals surface area contributed by atoms with E-state index in [1.54, 1.807) is 6.92 Å². The van der Waals surface area contributed by atoms with Crippen LogP contribution >= 0.6 is 0 Å². The molecule has 1 N–H and O–H groups in total. The highest BCUT2D eigenvalue weighted by Gasteiger charge is 2.16. The third-order valence-electron chi connectivity index (χ3n) is 2.53. The van der Waals surface area contributed by atoms with Crippen molar-refractivity contribution in [2.75, 3.05) is 26.2 Å². The average Bonchev–Trinajstić information content (AvgIpc) is 2.78. The highest BCUT2D eigenvalue weighted by Crippen LogP contribution is 2.06. The van der Waals surface area contributed by atoms with Crippen molar-refractivity contribution in [3.05, 3.63) is 0 Å². The van der Waals surface area contributed by atoms with Crippen LogP contribution in [0.3, 0.4) is 0 Å². The molecular weight excluding hydrogens is 208 g/mol. The van der Waals surface area contributed by atoms with Gasteiger partial charge in [-0.25, -0.2) is 4.79 Å². The van der Waals surface area contributed by atoms with Crippen molar-refractivity contribution in [3.63, 3.8) is 0 Å². The monoisotopic (exact) mass is 228 g/mol. The second-order valence-electron chi connectivity index (χ2n) is 3.83. The highest BCUT2D eigenvalue weighted by atomic mass is 16.5. The number of urea groups is 1. The first-order valence-electron chi connectivity index (χ1n) is 5.92. The van der Waals surface area contributed by atoms with Gasteiger partial charge in [0.15, 0.2) is 0 Å². The Bertz CT molecular complexity index is 237. The minimum absolute atomic E-state index is 0.0126. The van der Waals surface area contributed by atoms with E-state index < -0.39 is 0 Å². The average molecular weight is 228 g/mol. The second kappa shape index (κ2) is 7.09. The lowest BCUT2D eigenvalue weighted by atomic mass is 10.3. The Morgan fingerprint density at radius 1 is 1.31 bits per heavy atom. The predicted octanol–water partition coefficient (Wildman–Crippen LogP) is 1.14. The summed E-state index contributed by atoms with van der Waals surface area (Å²) in [5, 5.41) is 2.80. The van der Waals surface area contributed by atoms with Crippen LogP contribution in [0.2, 0.25) is 0 Å². The van der Waals surface area contributed by atoms with E-state index in [1.165, 1.54) is 0 Å². The number of amides is 2. The van der Waals surface area contributed by atoms with Gasteiger partial charge in [-0.1, -0.05) is 0 Å². The second-order valence-corrected chi connectivity index (χ2v) is 3.83. The van der Waals surface area contributed by atoms with Gasteiger partial charge in [0.05, 0.1) is 6.61 Å². The SMILES string of the molecule is CCOC(=O)CCCNC(=O)N1CCCC1. The Hall–Kier alpha value is -1.26. The Kier molecular flexibility index (Phi) is 5.67. The van der Waals surface area contributed by atoms with E-state index in [0.29, 0.717) is 26.0 Å². The Balaban J connectivity index is 2.02. The molecule has 0 unspecified atom stereocenters. The zero-order valence-corrected chi connectivity index (χ0v) is 9.83. The van der Waals surface area contributed by atoms with Crippen LogP contribution in [0.4, 0.5) is 4.79 Å². The van der Waals surface area contributed by atoms with Crippen LogP contribution in [0.25, 0.3) is 0 Å². The van der Waals surface area contributed by atoms with Crippen molar-refractivity contribution < 1.29 is 14.3 Å². The summed E-state index contributed by atoms with van der Waals surface area (Å²) in [4.78, 5) is 24.3. The van der Waals surface area contributed by atoms with Crippen molar-refractivity contribution in [1.82, 2.24) is 10.2 Å². The van der Waals surface area contributed by atoms with Gasteiger partial charge in [0, 0.05) is 26.1 Å². The molecule has 5 heteroatoms. The minimum atomic E-state index is -0.196. The molecule has 0 radical (unpaired) electrons. The van der Waals surface area contributed by atoms with Gasteiger partial charge in [0.1, 0.15) is 0 Å². The van der Waals surface area contributed by atoms with Crippen molar-refractivity contribution in [3.8, 4) is 0 Å². The maximum atomic E-state index is 11.5. The number of hydrogen-bond acceptors (Lipinski definition) is 3. The van der Waals surface area contributed by atoms with Crippen LogP contribution in [0.5, 0.6) is 0 Å². The van der Waals surface area contributed by atoms with E-state index in [1.807, 2.05) is 4.90 Å². The summed E-state index contributed by atoms with van der Waals surface area (Å²) in [6, 6.07) is -0.0126. The lowest BCUT2D eigenvalue weighted by Crippen LogP contribution is -2.38. The smallest absolute Gasteiger partial charge is 0.317 e. The zero-order valence-electron chi connectivity index (χ0n) is 9.83. The van der Waals surface area contributed by atoms with Gasteiger partial charge in [-0.2, -0.15) is 0 Å². The summed E-state index contributed by atoms with van der Waals surface area (Å²) in [5.41, 5.74) is 0. The molecule has 0 aromatic heterocycles. The van der Waals surface area contributed by atoms with Crippen molar-refractivity contribution in [1.29, 1.82) is 0 Å². The molecule has 1 aliphatic rings. The van der Waals surface area contributed by atoms with E-state index in [9.17, 15) is 9.59 Å². The maximum absolute atomic E-state index is 11.5. The van der Waals surface area contributed by atoms with E-state index in [2.05, 4.69) is 5.32 Å². The van der Waals surface area contributed by atoms with Gasteiger partial charge in [-0.05, 0) is 26.2 Å². The highest BCUT2D eigenvalue weighted by molar-refractivity contribution is 5.74. The van der Waals surface area contributed by atoms with Crippen LogP contribution in [-0.2, 0) is 9.53 Å². The first kappa shape index (κ1) is 12.8. The largest absolute Gasteiger partial charge is 0.466 e. The van der Waals surface area contributed by atoms with Crippen LogP contribution in [0.1, 0.15) is 32.6 Å². The molecule has 0 saturated carbocycles. The fraction of sp³-hybridized carbons (Fsp3) is 0.818. The van der Waals surface area contributed by atoms with Gasteiger partial charge in [0.25, 0.3) is 0 Å². The van der Waals surface area contributed by atoms with E-state index >= 15 is 0 Å². The molecule has 0 atom stereocenters. The summed E-state index contributed by atoms with van der Waals surface area (Å²) in [5.74, 6) is -0.196. The first-order valence-corrected chi connectivity index (χ1v) is 5.92. The van der Waals surface area contributed by atoms with Gasteiger partial charge >= 0.3 is 12.0 Å². The minimum Gasteiger partial charge on any atom is -0.466 e. The predicted molar refractivity (Wildman–Crippen MR) is 60.1 cm³/mol. The summed E-state index contributed by atoms with van der Waals surface area (Å²) >= 11 is 0. The number of carbonyl (C=O) groups is 2. The quantitative estimate of drug-likeness (QED) is 0.567. The molecule has 0 spiro atoms. The summed E-state index contributed by atoms with van der Waals surface area (Å²) in [7, 11) is 0. The molecule has 1 saturated heterocycles. The molecule has 0 aliphatic carbocycles.